The van der Waals surface area contributed by atoms with Crippen molar-refractivity contribution in [1.82, 2.24) is 5.43 Å². The number of benzene rings is 1. The minimum atomic E-state index is -0.335. The molecule has 118 valence electrons. The van der Waals surface area contributed by atoms with E-state index in [-0.39, 0.29) is 17.5 Å². The first-order chi connectivity index (χ1) is 10.0. The largest absolute Gasteiger partial charge is 0.377 e. The zero-order chi connectivity index (χ0) is 15.5. The predicted molar refractivity (Wildman–Crippen MR) is 83.6 cm³/mol. The molecule has 1 fully saturated rings. The van der Waals surface area contributed by atoms with Crippen LogP contribution < -0.4 is 11.3 Å². The molecular weight excluding hydrogens is 291 g/mol. The van der Waals surface area contributed by atoms with Gasteiger partial charge in [0.2, 0.25) is 0 Å². The molecule has 0 amide bonds. The second-order valence-corrected chi connectivity index (χ2v) is 6.57. The van der Waals surface area contributed by atoms with Gasteiger partial charge >= 0.3 is 0 Å². The van der Waals surface area contributed by atoms with Crippen molar-refractivity contribution in [2.75, 3.05) is 7.11 Å². The number of hydrogen-bond donors (Lipinski definition) is 2. The molecule has 1 aromatic rings. The predicted octanol–water partition coefficient (Wildman–Crippen LogP) is 3.45. The quantitative estimate of drug-likeness (QED) is 0.646. The van der Waals surface area contributed by atoms with Gasteiger partial charge in [-0.15, -0.1) is 0 Å². The van der Waals surface area contributed by atoms with Gasteiger partial charge in [0, 0.05) is 12.1 Å². The summed E-state index contributed by atoms with van der Waals surface area (Å²) in [7, 11) is 1.72. The van der Waals surface area contributed by atoms with Crippen molar-refractivity contribution in [1.29, 1.82) is 0 Å². The summed E-state index contributed by atoms with van der Waals surface area (Å²) in [6, 6.07) is 4.64. The Labute approximate surface area is 131 Å². The molecule has 1 aliphatic carbocycles. The Kier molecular flexibility index (Phi) is 5.60. The highest BCUT2D eigenvalue weighted by Crippen LogP contribution is 2.38. The second-order valence-electron chi connectivity index (χ2n) is 6.13. The minimum absolute atomic E-state index is 0.124. The molecule has 1 aromatic carbocycles. The first-order valence-electron chi connectivity index (χ1n) is 7.46. The number of nitrogens with one attached hydrogen (secondary N) is 1. The van der Waals surface area contributed by atoms with Gasteiger partial charge in [0.25, 0.3) is 0 Å². The molecule has 0 spiro atoms. The SMILES string of the molecule is COC1(C(Cc2ccc(Cl)cc2F)NN)CCCC(C)C1. The molecule has 21 heavy (non-hydrogen) atoms. The van der Waals surface area contributed by atoms with Gasteiger partial charge in [0.05, 0.1) is 11.6 Å². The van der Waals surface area contributed by atoms with E-state index in [9.17, 15) is 4.39 Å². The van der Waals surface area contributed by atoms with Crippen molar-refractivity contribution in [3.63, 3.8) is 0 Å². The molecule has 3 nitrogen and oxygen atoms in total. The smallest absolute Gasteiger partial charge is 0.127 e. The summed E-state index contributed by atoms with van der Waals surface area (Å²) in [5.41, 5.74) is 3.12. The van der Waals surface area contributed by atoms with Crippen molar-refractivity contribution in [3.8, 4) is 0 Å². The molecular formula is C16H24ClFN2O. The third-order valence-electron chi connectivity index (χ3n) is 4.67. The van der Waals surface area contributed by atoms with E-state index in [1.54, 1.807) is 19.2 Å². The Balaban J connectivity index is 2.21. The molecule has 3 N–H and O–H groups in total. The van der Waals surface area contributed by atoms with Gasteiger partial charge in [-0.25, -0.2) is 4.39 Å². The van der Waals surface area contributed by atoms with Crippen LogP contribution in [0.4, 0.5) is 4.39 Å². The molecule has 0 aromatic heterocycles. The fraction of sp³-hybridized carbons (Fsp3) is 0.625. The Bertz CT molecular complexity index is 485. The number of methoxy groups -OCH3 is 1. The van der Waals surface area contributed by atoms with Crippen molar-refractivity contribution >= 4 is 11.6 Å². The summed E-state index contributed by atoms with van der Waals surface area (Å²) in [5.74, 6) is 6.05. The van der Waals surface area contributed by atoms with E-state index in [4.69, 9.17) is 22.2 Å². The van der Waals surface area contributed by atoms with Crippen molar-refractivity contribution < 1.29 is 9.13 Å². The number of nitrogens with two attached hydrogens (primary N) is 1. The highest BCUT2D eigenvalue weighted by molar-refractivity contribution is 6.30. The fourth-order valence-corrected chi connectivity index (χ4v) is 3.65. The molecule has 3 atom stereocenters. The maximum Gasteiger partial charge on any atom is 0.127 e. The molecule has 1 saturated carbocycles. The summed E-state index contributed by atoms with van der Waals surface area (Å²) < 4.78 is 19.9. The third-order valence-corrected chi connectivity index (χ3v) is 4.91. The maximum atomic E-state index is 14.0. The maximum absolute atomic E-state index is 14.0. The number of halogens is 2. The Morgan fingerprint density at radius 1 is 1.57 bits per heavy atom. The van der Waals surface area contributed by atoms with Gasteiger partial charge in [-0.2, -0.15) is 0 Å². The fourth-order valence-electron chi connectivity index (χ4n) is 3.49. The summed E-state index contributed by atoms with van der Waals surface area (Å²) in [6.07, 6.45) is 4.68. The molecule has 2 rings (SSSR count). The zero-order valence-corrected chi connectivity index (χ0v) is 13.4. The van der Waals surface area contributed by atoms with Gasteiger partial charge in [-0.1, -0.05) is 37.4 Å². The van der Waals surface area contributed by atoms with Crippen LogP contribution in [-0.2, 0) is 11.2 Å². The summed E-state index contributed by atoms with van der Waals surface area (Å²) in [4.78, 5) is 0. The molecule has 0 saturated heterocycles. The van der Waals surface area contributed by atoms with Crippen molar-refractivity contribution in [2.24, 2.45) is 11.8 Å². The van der Waals surface area contributed by atoms with Crippen LogP contribution in [0.5, 0.6) is 0 Å². The van der Waals surface area contributed by atoms with E-state index < -0.39 is 0 Å². The molecule has 3 unspecified atom stereocenters. The number of ether oxygens (including phenoxy) is 1. The van der Waals surface area contributed by atoms with Gasteiger partial charge in [-0.3, -0.25) is 11.3 Å². The molecule has 0 heterocycles. The molecule has 0 aliphatic heterocycles. The standard InChI is InChI=1S/C16H24ClFN2O/c1-11-4-3-7-16(10-11,21-2)15(20-19)8-12-5-6-13(17)9-14(12)18/h5-6,9,11,15,20H,3-4,7-8,10,19H2,1-2H3. The zero-order valence-electron chi connectivity index (χ0n) is 12.7. The summed E-state index contributed by atoms with van der Waals surface area (Å²) >= 11 is 5.80. The lowest BCUT2D eigenvalue weighted by molar-refractivity contribution is -0.0792. The van der Waals surface area contributed by atoms with Gasteiger partial charge in [0.15, 0.2) is 0 Å². The Hall–Kier alpha value is -0.680. The average Bonchev–Trinajstić information content (AvgIpc) is 2.46. The topological polar surface area (TPSA) is 47.3 Å². The van der Waals surface area contributed by atoms with E-state index in [2.05, 4.69) is 12.3 Å². The van der Waals surface area contributed by atoms with Gasteiger partial charge < -0.3 is 4.74 Å². The van der Waals surface area contributed by atoms with E-state index in [1.807, 2.05) is 0 Å². The lowest BCUT2D eigenvalue weighted by Crippen LogP contribution is -2.57. The molecule has 0 bridgehead atoms. The Morgan fingerprint density at radius 2 is 2.33 bits per heavy atom. The minimum Gasteiger partial charge on any atom is -0.377 e. The van der Waals surface area contributed by atoms with Crippen LogP contribution in [0.15, 0.2) is 18.2 Å². The molecule has 1 aliphatic rings. The highest BCUT2D eigenvalue weighted by Gasteiger charge is 2.42. The van der Waals surface area contributed by atoms with Crippen LogP contribution >= 0.6 is 11.6 Å². The van der Waals surface area contributed by atoms with Crippen LogP contribution in [0.3, 0.4) is 0 Å². The first kappa shape index (κ1) is 16.7. The van der Waals surface area contributed by atoms with Gasteiger partial charge in [-0.05, 0) is 42.9 Å². The molecule has 0 radical (unpaired) electrons. The van der Waals surface area contributed by atoms with Crippen LogP contribution in [-0.4, -0.2) is 18.8 Å². The first-order valence-corrected chi connectivity index (χ1v) is 7.84. The second kappa shape index (κ2) is 7.05. The van der Waals surface area contributed by atoms with Crippen molar-refractivity contribution in [3.05, 3.63) is 34.6 Å². The lowest BCUT2D eigenvalue weighted by Gasteiger charge is -2.44. The van der Waals surface area contributed by atoms with E-state index >= 15 is 0 Å². The van der Waals surface area contributed by atoms with E-state index in [0.29, 0.717) is 22.9 Å². The van der Waals surface area contributed by atoms with Crippen molar-refractivity contribution in [2.45, 2.75) is 50.7 Å². The number of hydrogen-bond acceptors (Lipinski definition) is 3. The number of rotatable bonds is 5. The van der Waals surface area contributed by atoms with Gasteiger partial charge in [0.1, 0.15) is 5.82 Å². The summed E-state index contributed by atoms with van der Waals surface area (Å²) in [5, 5.41) is 0.404. The third kappa shape index (κ3) is 3.75. The van der Waals surface area contributed by atoms with Crippen LogP contribution in [0.25, 0.3) is 0 Å². The normalized spacial score (nSPS) is 27.6. The van der Waals surface area contributed by atoms with Crippen LogP contribution in [0.2, 0.25) is 5.02 Å². The highest BCUT2D eigenvalue weighted by atomic mass is 35.5. The van der Waals surface area contributed by atoms with Crippen LogP contribution in [0.1, 0.15) is 38.2 Å². The lowest BCUT2D eigenvalue weighted by atomic mass is 9.73. The number of hydrazine groups is 1. The average molecular weight is 315 g/mol. The van der Waals surface area contributed by atoms with Crippen LogP contribution in [0, 0.1) is 11.7 Å². The molecule has 5 heteroatoms. The monoisotopic (exact) mass is 314 g/mol. The van der Waals surface area contributed by atoms with E-state index in [1.165, 1.54) is 12.5 Å². The summed E-state index contributed by atoms with van der Waals surface area (Å²) in [6.45, 7) is 2.23. The Morgan fingerprint density at radius 3 is 2.90 bits per heavy atom. The van der Waals surface area contributed by atoms with E-state index in [0.717, 1.165) is 19.3 Å².